The molecule has 0 saturated heterocycles. The van der Waals surface area contributed by atoms with Crippen LogP contribution in [0.5, 0.6) is 0 Å². The predicted molar refractivity (Wildman–Crippen MR) is 57.7 cm³/mol. The number of imidazole rings is 1. The highest BCUT2D eigenvalue weighted by molar-refractivity contribution is 5.10. The van der Waals surface area contributed by atoms with Crippen LogP contribution in [0.15, 0.2) is 12.5 Å². The van der Waals surface area contributed by atoms with Gasteiger partial charge in [-0.1, -0.05) is 6.92 Å². The molecule has 1 heterocycles. The number of hydrogen-bond acceptors (Lipinski definition) is 2. The second-order valence-corrected chi connectivity index (χ2v) is 3.17. The first-order valence-corrected chi connectivity index (χ1v) is 4.88. The third-order valence-corrected chi connectivity index (χ3v) is 2.14. The number of aromatic nitrogens is 2. The number of hydrogen-bond donors (Lipinski definition) is 1. The third-order valence-electron chi connectivity index (χ3n) is 2.14. The van der Waals surface area contributed by atoms with Gasteiger partial charge in [-0.25, -0.2) is 4.98 Å². The Kier molecular flexibility index (Phi) is 4.21. The molecular weight excluding hydrogens is 174 g/mol. The number of aryl methyl sites for hydroxylation is 1. The van der Waals surface area contributed by atoms with Crippen molar-refractivity contribution in [2.45, 2.75) is 26.3 Å². The van der Waals surface area contributed by atoms with E-state index in [9.17, 15) is 0 Å². The minimum Gasteiger partial charge on any atom is -0.336 e. The molecule has 0 aliphatic carbocycles. The molecule has 0 bridgehead atoms. The normalized spacial score (nSPS) is 11.9. The third kappa shape index (κ3) is 2.61. The minimum atomic E-state index is 0.292. The molecule has 0 radical (unpaired) electrons. The molecular formula is C11H17N3. The van der Waals surface area contributed by atoms with Crippen molar-refractivity contribution in [2.75, 3.05) is 6.54 Å². The molecule has 76 valence electrons. The zero-order valence-electron chi connectivity index (χ0n) is 9.04. The quantitative estimate of drug-likeness (QED) is 0.731. The van der Waals surface area contributed by atoms with Gasteiger partial charge in [-0.05, 0) is 13.5 Å². The van der Waals surface area contributed by atoms with E-state index >= 15 is 0 Å². The molecule has 1 unspecified atom stereocenters. The van der Waals surface area contributed by atoms with Gasteiger partial charge in [0.25, 0.3) is 0 Å². The Morgan fingerprint density at radius 2 is 2.43 bits per heavy atom. The minimum absolute atomic E-state index is 0.292. The van der Waals surface area contributed by atoms with Gasteiger partial charge in [0, 0.05) is 19.7 Å². The molecule has 1 N–H and O–H groups in total. The summed E-state index contributed by atoms with van der Waals surface area (Å²) in [5, 5.41) is 3.40. The summed E-state index contributed by atoms with van der Waals surface area (Å²) in [5.41, 5.74) is 1.19. The summed E-state index contributed by atoms with van der Waals surface area (Å²) < 4.78 is 2.03. The van der Waals surface area contributed by atoms with Crippen LogP contribution >= 0.6 is 0 Å². The van der Waals surface area contributed by atoms with E-state index in [2.05, 4.69) is 29.1 Å². The Morgan fingerprint density at radius 3 is 2.93 bits per heavy atom. The lowest BCUT2D eigenvalue weighted by molar-refractivity contribution is 0.534. The van der Waals surface area contributed by atoms with E-state index in [4.69, 9.17) is 0 Å². The molecule has 1 atom stereocenters. The van der Waals surface area contributed by atoms with Crippen molar-refractivity contribution in [3.63, 3.8) is 0 Å². The van der Waals surface area contributed by atoms with E-state index in [-0.39, 0.29) is 0 Å². The van der Waals surface area contributed by atoms with E-state index in [0.717, 1.165) is 13.0 Å². The molecule has 3 heteroatoms. The fraction of sp³-hybridized carbons (Fsp3) is 0.545. The Labute approximate surface area is 85.5 Å². The van der Waals surface area contributed by atoms with Gasteiger partial charge in [0.05, 0.1) is 18.1 Å². The van der Waals surface area contributed by atoms with Crippen molar-refractivity contribution < 1.29 is 0 Å². The fourth-order valence-electron chi connectivity index (χ4n) is 1.44. The zero-order valence-corrected chi connectivity index (χ0v) is 9.04. The highest BCUT2D eigenvalue weighted by Crippen LogP contribution is 2.14. The van der Waals surface area contributed by atoms with Crippen LogP contribution in [-0.4, -0.2) is 16.1 Å². The van der Waals surface area contributed by atoms with Crippen molar-refractivity contribution >= 4 is 0 Å². The van der Waals surface area contributed by atoms with Crippen molar-refractivity contribution in [1.82, 2.24) is 14.9 Å². The van der Waals surface area contributed by atoms with E-state index in [1.807, 2.05) is 31.1 Å². The monoisotopic (exact) mass is 191 g/mol. The average Bonchev–Trinajstić information content (AvgIpc) is 2.59. The van der Waals surface area contributed by atoms with Crippen LogP contribution in [0.2, 0.25) is 0 Å². The molecule has 0 aliphatic heterocycles. The summed E-state index contributed by atoms with van der Waals surface area (Å²) in [6, 6.07) is 0.292. The molecule has 0 spiro atoms. The molecule has 14 heavy (non-hydrogen) atoms. The first-order chi connectivity index (χ1) is 6.79. The van der Waals surface area contributed by atoms with Gasteiger partial charge in [0.2, 0.25) is 0 Å². The van der Waals surface area contributed by atoms with Crippen LogP contribution in [0.4, 0.5) is 0 Å². The molecule has 0 saturated carbocycles. The predicted octanol–water partition coefficient (Wildman–Crippen LogP) is 1.48. The fourth-order valence-corrected chi connectivity index (χ4v) is 1.44. The van der Waals surface area contributed by atoms with Crippen molar-refractivity contribution in [3.8, 4) is 11.8 Å². The van der Waals surface area contributed by atoms with Crippen LogP contribution in [0, 0.1) is 11.8 Å². The maximum absolute atomic E-state index is 4.11. The highest BCUT2D eigenvalue weighted by Gasteiger charge is 2.11. The second kappa shape index (κ2) is 5.46. The van der Waals surface area contributed by atoms with Crippen molar-refractivity contribution in [2.24, 2.45) is 7.05 Å². The Bertz CT molecular complexity index is 330. The topological polar surface area (TPSA) is 29.9 Å². The Morgan fingerprint density at radius 1 is 1.64 bits per heavy atom. The maximum atomic E-state index is 4.11. The molecule has 0 aliphatic rings. The molecule has 0 aromatic carbocycles. The molecule has 3 nitrogen and oxygen atoms in total. The van der Waals surface area contributed by atoms with Gasteiger partial charge in [-0.2, -0.15) is 0 Å². The van der Waals surface area contributed by atoms with Crippen LogP contribution in [0.3, 0.4) is 0 Å². The van der Waals surface area contributed by atoms with Gasteiger partial charge in [-0.15, -0.1) is 11.8 Å². The van der Waals surface area contributed by atoms with Crippen molar-refractivity contribution in [3.05, 3.63) is 18.2 Å². The number of rotatable bonds is 4. The summed E-state index contributed by atoms with van der Waals surface area (Å²) in [6.07, 6.45) is 4.55. The van der Waals surface area contributed by atoms with Crippen LogP contribution in [0.25, 0.3) is 0 Å². The SMILES string of the molecule is CC#CCC(NCC)c1cncn1C. The zero-order chi connectivity index (χ0) is 10.4. The summed E-state index contributed by atoms with van der Waals surface area (Å²) in [6.45, 7) is 4.91. The summed E-state index contributed by atoms with van der Waals surface area (Å²) >= 11 is 0. The van der Waals surface area contributed by atoms with E-state index in [1.165, 1.54) is 5.69 Å². The first kappa shape index (κ1) is 10.8. The standard InChI is InChI=1S/C11H17N3/c1-4-6-7-10(13-5-2)11-8-12-9-14(11)3/h8-10,13H,5,7H2,1-3H3. The molecule has 0 fully saturated rings. The molecule has 1 aromatic heterocycles. The largest absolute Gasteiger partial charge is 0.336 e. The maximum Gasteiger partial charge on any atom is 0.0946 e. The lowest BCUT2D eigenvalue weighted by atomic mass is 10.1. The Balaban J connectivity index is 2.75. The molecule has 0 amide bonds. The van der Waals surface area contributed by atoms with E-state index in [0.29, 0.717) is 6.04 Å². The van der Waals surface area contributed by atoms with Crippen LogP contribution < -0.4 is 5.32 Å². The van der Waals surface area contributed by atoms with Gasteiger partial charge < -0.3 is 9.88 Å². The summed E-state index contributed by atoms with van der Waals surface area (Å²) in [7, 11) is 2.01. The molecule has 1 rings (SSSR count). The lowest BCUT2D eigenvalue weighted by Crippen LogP contribution is -2.22. The number of nitrogens with zero attached hydrogens (tertiary/aromatic N) is 2. The van der Waals surface area contributed by atoms with Gasteiger partial charge in [-0.3, -0.25) is 0 Å². The van der Waals surface area contributed by atoms with Gasteiger partial charge in [0.1, 0.15) is 0 Å². The summed E-state index contributed by atoms with van der Waals surface area (Å²) in [5.74, 6) is 6.01. The van der Waals surface area contributed by atoms with Gasteiger partial charge in [0.15, 0.2) is 0 Å². The van der Waals surface area contributed by atoms with Crippen LogP contribution in [0.1, 0.15) is 32.0 Å². The van der Waals surface area contributed by atoms with Gasteiger partial charge >= 0.3 is 0 Å². The molecule has 1 aromatic rings. The van der Waals surface area contributed by atoms with Crippen LogP contribution in [-0.2, 0) is 7.05 Å². The van der Waals surface area contributed by atoms with E-state index < -0.39 is 0 Å². The number of nitrogens with one attached hydrogen (secondary N) is 1. The second-order valence-electron chi connectivity index (χ2n) is 3.17. The van der Waals surface area contributed by atoms with E-state index in [1.54, 1.807) is 0 Å². The highest BCUT2D eigenvalue weighted by atomic mass is 15.1. The smallest absolute Gasteiger partial charge is 0.0946 e. The lowest BCUT2D eigenvalue weighted by Gasteiger charge is -2.15. The first-order valence-electron chi connectivity index (χ1n) is 4.88. The van der Waals surface area contributed by atoms with Crippen molar-refractivity contribution in [1.29, 1.82) is 0 Å². The average molecular weight is 191 g/mol. The Hall–Kier alpha value is -1.27. The summed E-state index contributed by atoms with van der Waals surface area (Å²) in [4.78, 5) is 4.11.